The number of unbranched alkanes of at least 4 members (excludes halogenated alkanes) is 1. The van der Waals surface area contributed by atoms with Gasteiger partial charge in [-0.3, -0.25) is 9.59 Å². The van der Waals surface area contributed by atoms with Crippen molar-refractivity contribution < 1.29 is 9.59 Å². The molecule has 0 atom stereocenters. The molecular formula is C23H27N3O2S. The molecule has 1 aliphatic heterocycles. The zero-order chi connectivity index (χ0) is 20.2. The van der Waals surface area contributed by atoms with Gasteiger partial charge in [0.25, 0.3) is 5.91 Å². The Balaban J connectivity index is 1.38. The van der Waals surface area contributed by atoms with Crippen LogP contribution >= 0.6 is 11.3 Å². The number of fused-ring (bicyclic) bond motifs is 1. The third kappa shape index (κ3) is 4.22. The highest BCUT2D eigenvalue weighted by molar-refractivity contribution is 7.16. The molecule has 0 bridgehead atoms. The van der Waals surface area contributed by atoms with Crippen LogP contribution < -0.4 is 5.32 Å². The van der Waals surface area contributed by atoms with Crippen molar-refractivity contribution in [3.63, 3.8) is 0 Å². The predicted octanol–water partition coefficient (Wildman–Crippen LogP) is 4.46. The zero-order valence-corrected chi connectivity index (χ0v) is 17.6. The lowest BCUT2D eigenvalue weighted by Gasteiger charge is -2.31. The Hall–Kier alpha value is -2.60. The van der Waals surface area contributed by atoms with Crippen LogP contribution in [0, 0.1) is 5.92 Å². The van der Waals surface area contributed by atoms with Crippen LogP contribution in [0.1, 0.15) is 42.3 Å². The minimum absolute atomic E-state index is 0.0287. The van der Waals surface area contributed by atoms with Gasteiger partial charge in [0.15, 0.2) is 0 Å². The molecule has 0 aliphatic carbocycles. The minimum Gasteiger partial charge on any atom is -0.356 e. The van der Waals surface area contributed by atoms with E-state index in [1.54, 1.807) is 0 Å². The number of nitrogens with zero attached hydrogens (tertiary/aromatic N) is 2. The van der Waals surface area contributed by atoms with Gasteiger partial charge in [-0.05, 0) is 48.9 Å². The molecule has 0 radical (unpaired) electrons. The summed E-state index contributed by atoms with van der Waals surface area (Å²) in [5, 5.41) is 5.25. The Labute approximate surface area is 175 Å². The van der Waals surface area contributed by atoms with Crippen LogP contribution in [-0.4, -0.2) is 40.9 Å². The van der Waals surface area contributed by atoms with Crippen molar-refractivity contribution in [1.82, 2.24) is 14.8 Å². The Kier molecular flexibility index (Phi) is 6.00. The molecule has 4 rings (SSSR count). The summed E-state index contributed by atoms with van der Waals surface area (Å²) in [6.45, 7) is 4.15. The number of thiophene rings is 1. The third-order valence-electron chi connectivity index (χ3n) is 5.62. The maximum atomic E-state index is 13.0. The molecular weight excluding hydrogens is 382 g/mol. The number of likely N-dealkylation sites (tertiary alicyclic amines) is 1. The molecule has 2 amide bonds. The van der Waals surface area contributed by atoms with Crippen LogP contribution in [0.15, 0.2) is 48.7 Å². The van der Waals surface area contributed by atoms with Crippen LogP contribution in [0.2, 0.25) is 0 Å². The quantitative estimate of drug-likeness (QED) is 0.611. The number of nitrogens with one attached hydrogen (secondary N) is 1. The zero-order valence-electron chi connectivity index (χ0n) is 16.8. The van der Waals surface area contributed by atoms with Crippen LogP contribution in [0.3, 0.4) is 0 Å². The van der Waals surface area contributed by atoms with Gasteiger partial charge in [-0.25, -0.2) is 0 Å². The number of para-hydroxylation sites is 1. The van der Waals surface area contributed by atoms with E-state index in [0.717, 1.165) is 47.6 Å². The maximum absolute atomic E-state index is 13.0. The van der Waals surface area contributed by atoms with E-state index in [4.69, 9.17) is 0 Å². The van der Waals surface area contributed by atoms with Gasteiger partial charge in [-0.1, -0.05) is 31.5 Å². The molecule has 1 N–H and O–H groups in total. The summed E-state index contributed by atoms with van der Waals surface area (Å²) >= 11 is 1.52. The summed E-state index contributed by atoms with van der Waals surface area (Å²) in [6.07, 6.45) is 5.62. The van der Waals surface area contributed by atoms with Crippen LogP contribution in [0.5, 0.6) is 0 Å². The number of hydrogen-bond acceptors (Lipinski definition) is 3. The van der Waals surface area contributed by atoms with Gasteiger partial charge in [0, 0.05) is 31.7 Å². The van der Waals surface area contributed by atoms with Crippen LogP contribution in [0.25, 0.3) is 15.9 Å². The Morgan fingerprint density at radius 1 is 1.10 bits per heavy atom. The Morgan fingerprint density at radius 2 is 1.90 bits per heavy atom. The van der Waals surface area contributed by atoms with Crippen molar-refractivity contribution in [2.75, 3.05) is 19.6 Å². The van der Waals surface area contributed by atoms with Crippen molar-refractivity contribution >= 4 is 34.1 Å². The fraction of sp³-hybridized carbons (Fsp3) is 0.391. The standard InChI is InChI=1S/C23H27N3O2S/c1-2-3-13-24-22(27)18-10-14-25(15-11-18)23(28)20-8-9-21(29-20)26-16-12-17-6-4-5-7-19(17)26/h4-9,12,16,18H,2-3,10-11,13-15H2,1H3,(H,24,27). The Bertz CT molecular complexity index is 998. The smallest absolute Gasteiger partial charge is 0.263 e. The number of amides is 2. The number of rotatable bonds is 6. The van der Waals surface area contributed by atoms with Crippen molar-refractivity contribution in [3.05, 3.63) is 53.5 Å². The van der Waals surface area contributed by atoms with Gasteiger partial charge in [-0.2, -0.15) is 0 Å². The van der Waals surface area contributed by atoms with Gasteiger partial charge in [0.05, 0.1) is 10.4 Å². The van der Waals surface area contributed by atoms with Gasteiger partial charge in [0.1, 0.15) is 5.00 Å². The fourth-order valence-electron chi connectivity index (χ4n) is 3.88. The van der Waals surface area contributed by atoms with Crippen molar-refractivity contribution in [2.45, 2.75) is 32.6 Å². The summed E-state index contributed by atoms with van der Waals surface area (Å²) < 4.78 is 2.13. The lowest BCUT2D eigenvalue weighted by atomic mass is 9.95. The van der Waals surface area contributed by atoms with Gasteiger partial charge in [-0.15, -0.1) is 11.3 Å². The molecule has 152 valence electrons. The number of carbonyl (C=O) groups excluding carboxylic acids is 2. The molecule has 5 nitrogen and oxygen atoms in total. The van der Waals surface area contributed by atoms with Crippen molar-refractivity contribution in [1.29, 1.82) is 0 Å². The highest BCUT2D eigenvalue weighted by atomic mass is 32.1. The SMILES string of the molecule is CCCCNC(=O)C1CCN(C(=O)c2ccc(-n3ccc4ccccc43)s2)CC1. The molecule has 29 heavy (non-hydrogen) atoms. The van der Waals surface area contributed by atoms with Gasteiger partial charge < -0.3 is 14.8 Å². The maximum Gasteiger partial charge on any atom is 0.263 e. The van der Waals surface area contributed by atoms with Crippen LogP contribution in [-0.2, 0) is 4.79 Å². The van der Waals surface area contributed by atoms with Gasteiger partial charge in [0.2, 0.25) is 5.91 Å². The summed E-state index contributed by atoms with van der Waals surface area (Å²) in [5.74, 6) is 0.243. The highest BCUT2D eigenvalue weighted by Gasteiger charge is 2.28. The molecule has 0 spiro atoms. The Morgan fingerprint density at radius 3 is 2.69 bits per heavy atom. The van der Waals surface area contributed by atoms with Crippen molar-refractivity contribution in [3.8, 4) is 5.00 Å². The van der Waals surface area contributed by atoms with E-state index in [-0.39, 0.29) is 17.7 Å². The molecule has 1 aliphatic rings. The molecule has 3 aromatic rings. The largest absolute Gasteiger partial charge is 0.356 e. The van der Waals surface area contributed by atoms with Gasteiger partial charge >= 0.3 is 0 Å². The third-order valence-corrected chi connectivity index (χ3v) is 6.69. The van der Waals surface area contributed by atoms with Crippen molar-refractivity contribution in [2.24, 2.45) is 5.92 Å². The number of benzene rings is 1. The molecule has 1 fully saturated rings. The van der Waals surface area contributed by atoms with E-state index in [1.165, 1.54) is 16.7 Å². The van der Waals surface area contributed by atoms with E-state index < -0.39 is 0 Å². The predicted molar refractivity (Wildman–Crippen MR) is 118 cm³/mol. The second-order valence-electron chi connectivity index (χ2n) is 7.59. The summed E-state index contributed by atoms with van der Waals surface area (Å²) in [5.41, 5.74) is 1.14. The molecule has 0 saturated carbocycles. The molecule has 2 aromatic heterocycles. The average Bonchev–Trinajstić information content (AvgIpc) is 3.40. The molecule has 3 heterocycles. The minimum atomic E-state index is 0.0287. The first kappa shape index (κ1) is 19.7. The first-order valence-electron chi connectivity index (χ1n) is 10.4. The lowest BCUT2D eigenvalue weighted by molar-refractivity contribution is -0.126. The number of hydrogen-bond donors (Lipinski definition) is 1. The van der Waals surface area contributed by atoms with E-state index in [0.29, 0.717) is 13.1 Å². The first-order valence-corrected chi connectivity index (χ1v) is 11.2. The van der Waals surface area contributed by atoms with E-state index in [1.807, 2.05) is 35.4 Å². The lowest BCUT2D eigenvalue weighted by Crippen LogP contribution is -2.43. The monoisotopic (exact) mass is 409 g/mol. The summed E-state index contributed by atoms with van der Waals surface area (Å²) in [4.78, 5) is 27.8. The van der Waals surface area contributed by atoms with E-state index in [2.05, 4.69) is 35.0 Å². The fourth-order valence-corrected chi connectivity index (χ4v) is 4.85. The molecule has 1 aromatic carbocycles. The molecule has 6 heteroatoms. The van der Waals surface area contributed by atoms with Crippen LogP contribution in [0.4, 0.5) is 0 Å². The highest BCUT2D eigenvalue weighted by Crippen LogP contribution is 2.28. The first-order chi connectivity index (χ1) is 14.2. The number of aromatic nitrogens is 1. The van der Waals surface area contributed by atoms with E-state index in [9.17, 15) is 9.59 Å². The van der Waals surface area contributed by atoms with E-state index >= 15 is 0 Å². The molecule has 1 saturated heterocycles. The second-order valence-corrected chi connectivity index (χ2v) is 8.66. The summed E-state index contributed by atoms with van der Waals surface area (Å²) in [6, 6.07) is 14.3. The number of carbonyl (C=O) groups is 2. The molecule has 0 unspecified atom stereocenters. The normalized spacial score (nSPS) is 15.0. The number of piperidine rings is 1. The topological polar surface area (TPSA) is 54.3 Å². The summed E-state index contributed by atoms with van der Waals surface area (Å²) in [7, 11) is 0. The average molecular weight is 410 g/mol. The second kappa shape index (κ2) is 8.82.